The lowest BCUT2D eigenvalue weighted by molar-refractivity contribution is -0.116. The Morgan fingerprint density at radius 1 is 1.30 bits per heavy atom. The minimum atomic E-state index is -0.337. The third-order valence-corrected chi connectivity index (χ3v) is 3.92. The number of carbonyl (C=O) groups is 2. The number of ketones is 1. The molecule has 0 radical (unpaired) electrons. The molecule has 116 valence electrons. The molecular formula is C15H12N4O3S. The summed E-state index contributed by atoms with van der Waals surface area (Å²) in [6.07, 6.45) is 1.19. The number of Topliss-reactive ketones (excluding diaryl/α,β-unsaturated/α-hetero) is 1. The summed E-state index contributed by atoms with van der Waals surface area (Å²) < 4.78 is 1.45. The summed E-state index contributed by atoms with van der Waals surface area (Å²) in [5, 5.41) is 9.06. The molecule has 8 heteroatoms. The largest absolute Gasteiger partial charge is 0.300 e. The number of benzene rings is 1. The molecule has 0 unspecified atom stereocenters. The van der Waals surface area contributed by atoms with Gasteiger partial charge >= 0.3 is 0 Å². The number of aromatic nitrogens is 3. The standard InChI is InChI=1S/C15H12N4O3S/c1-9(20)11-8-23-15(17-11)18-14(22)7-19-12-5-3-2-4-10(12)13(21)6-16-19/h2-6,8H,7H2,1H3,(H,17,18,22). The molecule has 1 amide bonds. The number of para-hydroxylation sites is 1. The molecule has 0 aliphatic rings. The first-order chi connectivity index (χ1) is 11.0. The molecule has 7 nitrogen and oxygen atoms in total. The number of anilines is 1. The summed E-state index contributed by atoms with van der Waals surface area (Å²) in [7, 11) is 0. The molecule has 0 aliphatic heterocycles. The van der Waals surface area contributed by atoms with Crippen LogP contribution in [-0.4, -0.2) is 26.5 Å². The zero-order valence-corrected chi connectivity index (χ0v) is 13.0. The number of nitrogens with zero attached hydrogens (tertiary/aromatic N) is 3. The molecule has 23 heavy (non-hydrogen) atoms. The van der Waals surface area contributed by atoms with E-state index >= 15 is 0 Å². The van der Waals surface area contributed by atoms with Gasteiger partial charge in [0.15, 0.2) is 10.9 Å². The number of hydrogen-bond donors (Lipinski definition) is 1. The first kappa shape index (κ1) is 15.0. The van der Waals surface area contributed by atoms with Crippen molar-refractivity contribution in [1.82, 2.24) is 14.8 Å². The van der Waals surface area contributed by atoms with Gasteiger partial charge in [-0.2, -0.15) is 5.10 Å². The third-order valence-electron chi connectivity index (χ3n) is 3.17. The first-order valence-electron chi connectivity index (χ1n) is 6.76. The Bertz CT molecular complexity index is 961. The Kier molecular flexibility index (Phi) is 3.98. The van der Waals surface area contributed by atoms with Crippen LogP contribution in [0.25, 0.3) is 10.9 Å². The highest BCUT2D eigenvalue weighted by Gasteiger charge is 2.11. The normalized spacial score (nSPS) is 10.7. The Balaban J connectivity index is 1.81. The molecule has 0 saturated carbocycles. The second-order valence-corrected chi connectivity index (χ2v) is 5.68. The van der Waals surface area contributed by atoms with Crippen LogP contribution >= 0.6 is 11.3 Å². The van der Waals surface area contributed by atoms with Gasteiger partial charge in [-0.1, -0.05) is 12.1 Å². The van der Waals surface area contributed by atoms with Crippen molar-refractivity contribution in [3.63, 3.8) is 0 Å². The van der Waals surface area contributed by atoms with Gasteiger partial charge in [0, 0.05) is 17.7 Å². The van der Waals surface area contributed by atoms with E-state index in [1.54, 1.807) is 29.6 Å². The Morgan fingerprint density at radius 3 is 2.83 bits per heavy atom. The van der Waals surface area contributed by atoms with Gasteiger partial charge in [-0.05, 0) is 12.1 Å². The van der Waals surface area contributed by atoms with E-state index < -0.39 is 0 Å². The van der Waals surface area contributed by atoms with Crippen molar-refractivity contribution in [3.05, 3.63) is 51.8 Å². The van der Waals surface area contributed by atoms with Crippen molar-refractivity contribution in [1.29, 1.82) is 0 Å². The van der Waals surface area contributed by atoms with Crippen LogP contribution in [0.15, 0.2) is 40.6 Å². The molecule has 1 N–H and O–H groups in total. The smallest absolute Gasteiger partial charge is 0.247 e. The second-order valence-electron chi connectivity index (χ2n) is 4.83. The van der Waals surface area contributed by atoms with E-state index in [1.807, 2.05) is 0 Å². The fourth-order valence-electron chi connectivity index (χ4n) is 2.07. The van der Waals surface area contributed by atoms with Crippen molar-refractivity contribution in [2.45, 2.75) is 13.5 Å². The Labute approximate surface area is 134 Å². The van der Waals surface area contributed by atoms with Gasteiger partial charge in [0.05, 0.1) is 11.7 Å². The lowest BCUT2D eigenvalue weighted by Crippen LogP contribution is -2.22. The molecular weight excluding hydrogens is 316 g/mol. The third kappa shape index (κ3) is 3.16. The van der Waals surface area contributed by atoms with Crippen LogP contribution in [0.1, 0.15) is 17.4 Å². The Hall–Kier alpha value is -2.87. The molecule has 0 aliphatic carbocycles. The molecule has 0 spiro atoms. The first-order valence-corrected chi connectivity index (χ1v) is 7.64. The number of amides is 1. The van der Waals surface area contributed by atoms with Gasteiger partial charge in [0.25, 0.3) is 0 Å². The van der Waals surface area contributed by atoms with Crippen LogP contribution < -0.4 is 10.7 Å². The number of hydrogen-bond acceptors (Lipinski definition) is 6. The number of nitrogens with one attached hydrogen (secondary N) is 1. The van der Waals surface area contributed by atoms with Crippen LogP contribution in [-0.2, 0) is 11.3 Å². The fourth-order valence-corrected chi connectivity index (χ4v) is 2.84. The van der Waals surface area contributed by atoms with Crippen molar-refractivity contribution in [2.24, 2.45) is 0 Å². The van der Waals surface area contributed by atoms with Gasteiger partial charge < -0.3 is 5.32 Å². The molecule has 1 aromatic carbocycles. The maximum atomic E-state index is 12.1. The van der Waals surface area contributed by atoms with E-state index in [2.05, 4.69) is 15.4 Å². The number of rotatable bonds is 4. The molecule has 2 heterocycles. The summed E-state index contributed by atoms with van der Waals surface area (Å²) >= 11 is 1.18. The van der Waals surface area contributed by atoms with E-state index in [9.17, 15) is 14.4 Å². The van der Waals surface area contributed by atoms with Crippen LogP contribution in [0, 0.1) is 0 Å². The van der Waals surface area contributed by atoms with Gasteiger partial charge in [-0.15, -0.1) is 11.3 Å². The van der Waals surface area contributed by atoms with Gasteiger partial charge in [0.2, 0.25) is 11.3 Å². The predicted octanol–water partition coefficient (Wildman–Crippen LogP) is 1.69. The van der Waals surface area contributed by atoms with E-state index in [0.717, 1.165) is 0 Å². The minimum Gasteiger partial charge on any atom is -0.300 e. The zero-order chi connectivity index (χ0) is 16.4. The van der Waals surface area contributed by atoms with Crippen LogP contribution in [0.4, 0.5) is 5.13 Å². The SMILES string of the molecule is CC(=O)c1csc(NC(=O)Cn2ncc(=O)c3ccccc32)n1. The molecule has 2 aromatic heterocycles. The summed E-state index contributed by atoms with van der Waals surface area (Å²) in [6, 6.07) is 6.95. The Morgan fingerprint density at radius 2 is 2.09 bits per heavy atom. The zero-order valence-electron chi connectivity index (χ0n) is 12.1. The summed E-state index contributed by atoms with van der Waals surface area (Å²) in [6.45, 7) is 1.35. The van der Waals surface area contributed by atoms with E-state index in [4.69, 9.17) is 0 Å². The average molecular weight is 328 g/mol. The number of thiazole rings is 1. The highest BCUT2D eigenvalue weighted by molar-refractivity contribution is 7.14. The summed E-state index contributed by atoms with van der Waals surface area (Å²) in [5.41, 5.74) is 0.708. The number of carbonyl (C=O) groups excluding carboxylic acids is 2. The monoisotopic (exact) mass is 328 g/mol. The molecule has 0 saturated heterocycles. The highest BCUT2D eigenvalue weighted by Crippen LogP contribution is 2.16. The maximum absolute atomic E-state index is 12.1. The van der Waals surface area contributed by atoms with Gasteiger partial charge in [-0.3, -0.25) is 19.1 Å². The van der Waals surface area contributed by atoms with E-state index in [-0.39, 0.29) is 23.7 Å². The van der Waals surface area contributed by atoms with E-state index in [1.165, 1.54) is 29.1 Å². The quantitative estimate of drug-likeness (QED) is 0.736. The van der Waals surface area contributed by atoms with E-state index in [0.29, 0.717) is 21.7 Å². The molecule has 0 atom stereocenters. The summed E-state index contributed by atoms with van der Waals surface area (Å²) in [4.78, 5) is 39.1. The van der Waals surface area contributed by atoms with Crippen molar-refractivity contribution < 1.29 is 9.59 Å². The average Bonchev–Trinajstić information content (AvgIpc) is 2.99. The molecule has 0 bridgehead atoms. The van der Waals surface area contributed by atoms with Crippen molar-refractivity contribution in [3.8, 4) is 0 Å². The molecule has 3 rings (SSSR count). The van der Waals surface area contributed by atoms with Crippen LogP contribution in [0.5, 0.6) is 0 Å². The minimum absolute atomic E-state index is 0.0597. The van der Waals surface area contributed by atoms with Crippen molar-refractivity contribution in [2.75, 3.05) is 5.32 Å². The number of fused-ring (bicyclic) bond motifs is 1. The lowest BCUT2D eigenvalue weighted by atomic mass is 10.2. The van der Waals surface area contributed by atoms with Crippen LogP contribution in [0.3, 0.4) is 0 Å². The van der Waals surface area contributed by atoms with Gasteiger partial charge in [0.1, 0.15) is 12.2 Å². The van der Waals surface area contributed by atoms with Gasteiger partial charge in [-0.25, -0.2) is 4.98 Å². The predicted molar refractivity (Wildman–Crippen MR) is 86.8 cm³/mol. The fraction of sp³-hybridized carbons (Fsp3) is 0.133. The highest BCUT2D eigenvalue weighted by atomic mass is 32.1. The second kappa shape index (κ2) is 6.09. The topological polar surface area (TPSA) is 94.0 Å². The molecule has 0 fully saturated rings. The van der Waals surface area contributed by atoms with Crippen molar-refractivity contribution >= 4 is 39.1 Å². The van der Waals surface area contributed by atoms with Crippen LogP contribution in [0.2, 0.25) is 0 Å². The lowest BCUT2D eigenvalue weighted by Gasteiger charge is -2.08. The molecule has 3 aromatic rings. The maximum Gasteiger partial charge on any atom is 0.247 e. The summed E-state index contributed by atoms with van der Waals surface area (Å²) in [5.74, 6) is -0.495.